The van der Waals surface area contributed by atoms with Gasteiger partial charge in [-0.1, -0.05) is 12.1 Å². The number of aromatic nitrogens is 1. The van der Waals surface area contributed by atoms with Crippen LogP contribution in [-0.2, 0) is 6.54 Å². The first-order valence-corrected chi connectivity index (χ1v) is 10.8. The smallest absolute Gasteiger partial charge is 0.493 e. The van der Waals surface area contributed by atoms with Gasteiger partial charge in [0.2, 0.25) is 0 Å². The average molecular weight is 490 g/mol. The van der Waals surface area contributed by atoms with Gasteiger partial charge in [0.05, 0.1) is 12.7 Å². The van der Waals surface area contributed by atoms with Gasteiger partial charge in [-0.25, -0.2) is 0 Å². The molecule has 2 heterocycles. The Morgan fingerprint density at radius 2 is 1.69 bits per heavy atom. The van der Waals surface area contributed by atoms with Gasteiger partial charge in [-0.15, -0.1) is 13.2 Å². The predicted molar refractivity (Wildman–Crippen MR) is 123 cm³/mol. The maximum atomic E-state index is 13.3. The molecule has 10 heteroatoms. The third-order valence-corrected chi connectivity index (χ3v) is 5.39. The SMILES string of the molecule is COc1cc(N2CCn3cc(-c4ccc(OC(F)(F)F)cc4)cc3C2=O)ccc1OCC(C)(C)O. The fourth-order valence-electron chi connectivity index (χ4n) is 3.77. The van der Waals surface area contributed by atoms with E-state index in [2.05, 4.69) is 4.74 Å². The van der Waals surface area contributed by atoms with Gasteiger partial charge in [0.25, 0.3) is 5.91 Å². The quantitative estimate of drug-likeness (QED) is 0.512. The van der Waals surface area contributed by atoms with Crippen LogP contribution in [0.3, 0.4) is 0 Å². The highest BCUT2D eigenvalue weighted by Crippen LogP contribution is 2.35. The van der Waals surface area contributed by atoms with E-state index in [1.54, 1.807) is 49.2 Å². The van der Waals surface area contributed by atoms with E-state index >= 15 is 0 Å². The van der Waals surface area contributed by atoms with E-state index in [4.69, 9.17) is 9.47 Å². The number of rotatable bonds is 7. The topological polar surface area (TPSA) is 73.2 Å². The summed E-state index contributed by atoms with van der Waals surface area (Å²) >= 11 is 0. The summed E-state index contributed by atoms with van der Waals surface area (Å²) in [5, 5.41) is 9.90. The highest BCUT2D eigenvalue weighted by Gasteiger charge is 2.31. The molecule has 1 aliphatic rings. The van der Waals surface area contributed by atoms with E-state index in [0.29, 0.717) is 47.1 Å². The predicted octanol–water partition coefficient (Wildman–Crippen LogP) is 4.87. The Kier molecular flexibility index (Phi) is 6.42. The lowest BCUT2D eigenvalue weighted by molar-refractivity contribution is -0.274. The Hall–Kier alpha value is -3.66. The number of anilines is 1. The molecule has 0 aliphatic carbocycles. The van der Waals surface area contributed by atoms with Gasteiger partial charge >= 0.3 is 6.36 Å². The van der Waals surface area contributed by atoms with Crippen LogP contribution in [-0.4, -0.2) is 47.8 Å². The van der Waals surface area contributed by atoms with Crippen LogP contribution in [0.15, 0.2) is 54.7 Å². The normalized spacial score (nSPS) is 14.0. The van der Waals surface area contributed by atoms with Gasteiger partial charge < -0.3 is 28.8 Å². The van der Waals surface area contributed by atoms with Crippen LogP contribution in [0.25, 0.3) is 11.1 Å². The maximum absolute atomic E-state index is 13.3. The number of amides is 1. The van der Waals surface area contributed by atoms with Gasteiger partial charge in [-0.3, -0.25) is 4.79 Å². The standard InChI is InChI=1S/C25H25F3N2O5/c1-24(2,32)15-34-21-9-6-18(13-22(21)33-3)30-11-10-29-14-17(12-20(29)23(30)31)16-4-7-19(8-5-16)35-25(26,27)28/h4-9,12-14,32H,10-11,15H2,1-3H3. The Bertz CT molecular complexity index is 1210. The van der Waals surface area contributed by atoms with Crippen molar-refractivity contribution in [2.45, 2.75) is 32.4 Å². The Morgan fingerprint density at radius 1 is 0.971 bits per heavy atom. The molecule has 0 radical (unpaired) electrons. The second-order valence-corrected chi connectivity index (χ2v) is 8.77. The van der Waals surface area contributed by atoms with E-state index < -0.39 is 12.0 Å². The van der Waals surface area contributed by atoms with Gasteiger partial charge in [-0.05, 0) is 49.7 Å². The molecule has 0 saturated heterocycles. The largest absolute Gasteiger partial charge is 0.573 e. The number of aliphatic hydroxyl groups is 1. The third-order valence-electron chi connectivity index (χ3n) is 5.39. The number of nitrogens with zero attached hydrogens (tertiary/aromatic N) is 2. The number of carbonyl (C=O) groups is 1. The van der Waals surface area contributed by atoms with Crippen molar-refractivity contribution in [3.63, 3.8) is 0 Å². The summed E-state index contributed by atoms with van der Waals surface area (Å²) in [6.07, 6.45) is -2.95. The molecule has 0 saturated carbocycles. The zero-order chi connectivity index (χ0) is 25.4. The number of ether oxygens (including phenoxy) is 3. The second kappa shape index (κ2) is 9.18. The Morgan fingerprint density at radius 3 is 2.31 bits per heavy atom. The molecule has 4 rings (SSSR count). The van der Waals surface area contributed by atoms with E-state index in [9.17, 15) is 23.1 Å². The zero-order valence-corrected chi connectivity index (χ0v) is 19.4. The Balaban J connectivity index is 1.54. The average Bonchev–Trinajstić information content (AvgIpc) is 3.22. The summed E-state index contributed by atoms with van der Waals surface area (Å²) in [6, 6.07) is 12.4. The molecule has 1 aliphatic heterocycles. The molecule has 1 amide bonds. The number of alkyl halides is 3. The highest BCUT2D eigenvalue weighted by atomic mass is 19.4. The number of carbonyl (C=O) groups excluding carboxylic acids is 1. The maximum Gasteiger partial charge on any atom is 0.573 e. The number of hydrogen-bond acceptors (Lipinski definition) is 5. The molecule has 0 fully saturated rings. The third kappa shape index (κ3) is 5.71. The number of hydrogen-bond donors (Lipinski definition) is 1. The van der Waals surface area contributed by atoms with Gasteiger partial charge in [-0.2, -0.15) is 0 Å². The van der Waals surface area contributed by atoms with Crippen LogP contribution in [0.4, 0.5) is 18.9 Å². The number of benzene rings is 2. The fourth-order valence-corrected chi connectivity index (χ4v) is 3.77. The second-order valence-electron chi connectivity index (χ2n) is 8.77. The summed E-state index contributed by atoms with van der Waals surface area (Å²) in [5.41, 5.74) is 1.45. The van der Waals surface area contributed by atoms with E-state index in [0.717, 1.165) is 0 Å². The van der Waals surface area contributed by atoms with E-state index in [1.807, 2.05) is 4.57 Å². The van der Waals surface area contributed by atoms with Crippen molar-refractivity contribution in [3.8, 4) is 28.4 Å². The number of methoxy groups -OCH3 is 1. The van der Waals surface area contributed by atoms with E-state index in [-0.39, 0.29) is 18.3 Å². The van der Waals surface area contributed by atoms with Crippen molar-refractivity contribution in [1.29, 1.82) is 0 Å². The molecule has 0 atom stereocenters. The number of fused-ring (bicyclic) bond motifs is 1. The number of halogens is 3. The molecule has 0 bridgehead atoms. The van der Waals surface area contributed by atoms with Crippen molar-refractivity contribution in [2.75, 3.05) is 25.2 Å². The summed E-state index contributed by atoms with van der Waals surface area (Å²) in [7, 11) is 1.50. The molecule has 0 spiro atoms. The molecule has 1 N–H and O–H groups in total. The first-order chi connectivity index (χ1) is 16.4. The monoisotopic (exact) mass is 490 g/mol. The lowest BCUT2D eigenvalue weighted by Gasteiger charge is -2.29. The van der Waals surface area contributed by atoms with Crippen molar-refractivity contribution in [2.24, 2.45) is 0 Å². The molecule has 186 valence electrons. The first-order valence-electron chi connectivity index (χ1n) is 10.8. The lowest BCUT2D eigenvalue weighted by atomic mass is 10.1. The van der Waals surface area contributed by atoms with Crippen LogP contribution in [0.1, 0.15) is 24.3 Å². The first kappa shape index (κ1) is 24.5. The molecule has 0 unspecified atom stereocenters. The summed E-state index contributed by atoms with van der Waals surface area (Å²) in [4.78, 5) is 14.9. The molecule has 1 aromatic heterocycles. The molecule has 7 nitrogen and oxygen atoms in total. The minimum absolute atomic E-state index is 0.0744. The van der Waals surface area contributed by atoms with Crippen molar-refractivity contribution >= 4 is 11.6 Å². The molecule has 35 heavy (non-hydrogen) atoms. The van der Waals surface area contributed by atoms with Crippen LogP contribution in [0.5, 0.6) is 17.2 Å². The van der Waals surface area contributed by atoms with Gasteiger partial charge in [0, 0.05) is 36.6 Å². The molecule has 2 aromatic carbocycles. The molecular weight excluding hydrogens is 465 g/mol. The van der Waals surface area contributed by atoms with E-state index in [1.165, 1.54) is 31.4 Å². The summed E-state index contributed by atoms with van der Waals surface area (Å²) < 4.78 is 54.0. The van der Waals surface area contributed by atoms with Crippen LogP contribution < -0.4 is 19.1 Å². The van der Waals surface area contributed by atoms with Crippen molar-refractivity contribution in [3.05, 3.63) is 60.4 Å². The van der Waals surface area contributed by atoms with Gasteiger partial charge in [0.1, 0.15) is 18.1 Å². The highest BCUT2D eigenvalue weighted by molar-refractivity contribution is 6.06. The van der Waals surface area contributed by atoms with Crippen LogP contribution >= 0.6 is 0 Å². The summed E-state index contributed by atoms with van der Waals surface area (Å²) in [6.45, 7) is 4.30. The minimum atomic E-state index is -4.75. The van der Waals surface area contributed by atoms with Crippen molar-refractivity contribution in [1.82, 2.24) is 4.57 Å². The van der Waals surface area contributed by atoms with Gasteiger partial charge in [0.15, 0.2) is 11.5 Å². The van der Waals surface area contributed by atoms with Crippen LogP contribution in [0, 0.1) is 0 Å². The Labute approximate surface area is 200 Å². The van der Waals surface area contributed by atoms with Crippen molar-refractivity contribution < 1.29 is 37.3 Å². The lowest BCUT2D eigenvalue weighted by Crippen LogP contribution is -2.39. The fraction of sp³-hybridized carbons (Fsp3) is 0.320. The minimum Gasteiger partial charge on any atom is -0.493 e. The summed E-state index contributed by atoms with van der Waals surface area (Å²) in [5.74, 6) is 0.358. The molecule has 3 aromatic rings. The molecular formula is C25H25F3N2O5. The van der Waals surface area contributed by atoms with Crippen LogP contribution in [0.2, 0.25) is 0 Å². The zero-order valence-electron chi connectivity index (χ0n) is 19.4.